The van der Waals surface area contributed by atoms with Crippen molar-refractivity contribution in [3.63, 3.8) is 0 Å². The minimum atomic E-state index is -4.46. The molecule has 0 aliphatic rings. The highest BCUT2D eigenvalue weighted by molar-refractivity contribution is 7.09. The molecular weight excluding hydrogens is 416 g/mol. The molecule has 0 unspecified atom stereocenters. The van der Waals surface area contributed by atoms with Crippen molar-refractivity contribution >= 4 is 42.1 Å². The van der Waals surface area contributed by atoms with E-state index in [1.54, 1.807) is 11.4 Å². The number of nitrogens with one attached hydrogen (secondary N) is 1. The number of rotatable bonds is 7. The fourth-order valence-corrected chi connectivity index (χ4v) is 2.55. The average molecular weight is 433 g/mol. The molecule has 0 aliphatic heterocycles. The number of carbonyl (C=O) groups is 1. The van der Waals surface area contributed by atoms with Crippen LogP contribution >= 0.6 is 36.2 Å². The molecular formula is C14H17Cl2F3N4O2S. The van der Waals surface area contributed by atoms with Crippen molar-refractivity contribution in [3.8, 4) is 5.88 Å². The van der Waals surface area contributed by atoms with E-state index in [2.05, 4.69) is 20.0 Å². The highest BCUT2D eigenvalue weighted by atomic mass is 35.5. The van der Waals surface area contributed by atoms with Gasteiger partial charge in [-0.05, 0) is 12.6 Å². The Morgan fingerprint density at radius 3 is 2.73 bits per heavy atom. The third-order valence-electron chi connectivity index (χ3n) is 2.80. The Labute approximate surface area is 164 Å². The number of alkyl halides is 3. The van der Waals surface area contributed by atoms with Crippen molar-refractivity contribution in [2.24, 2.45) is 5.73 Å². The fraction of sp³-hybridized carbons (Fsp3) is 0.357. The van der Waals surface area contributed by atoms with Crippen LogP contribution in [0.15, 0.2) is 23.7 Å². The predicted molar refractivity (Wildman–Crippen MR) is 96.3 cm³/mol. The van der Waals surface area contributed by atoms with Gasteiger partial charge in [0.05, 0.1) is 5.01 Å². The maximum Gasteiger partial charge on any atom is 0.422 e. The number of hydrogen-bond donors (Lipinski definition) is 2. The van der Waals surface area contributed by atoms with Gasteiger partial charge in [0, 0.05) is 30.1 Å². The van der Waals surface area contributed by atoms with E-state index in [1.165, 1.54) is 23.6 Å². The summed E-state index contributed by atoms with van der Waals surface area (Å²) in [6, 6.07) is 3.07. The smallest absolute Gasteiger partial charge is 0.422 e. The summed E-state index contributed by atoms with van der Waals surface area (Å²) in [7, 11) is 0. The zero-order chi connectivity index (χ0) is 17.6. The summed E-state index contributed by atoms with van der Waals surface area (Å²) in [5.74, 6) is -0.600. The lowest BCUT2D eigenvalue weighted by Crippen LogP contribution is -2.25. The van der Waals surface area contributed by atoms with E-state index in [4.69, 9.17) is 5.73 Å². The molecule has 0 radical (unpaired) electrons. The van der Waals surface area contributed by atoms with Gasteiger partial charge in [0.15, 0.2) is 6.61 Å². The van der Waals surface area contributed by atoms with Crippen LogP contribution in [0.3, 0.4) is 0 Å². The van der Waals surface area contributed by atoms with Gasteiger partial charge >= 0.3 is 6.18 Å². The molecule has 12 heteroatoms. The Morgan fingerprint density at radius 2 is 2.08 bits per heavy atom. The number of carbonyl (C=O) groups excluding carboxylic acids is 1. The van der Waals surface area contributed by atoms with Crippen LogP contribution in [0, 0.1) is 0 Å². The second kappa shape index (κ2) is 11.2. The molecule has 2 rings (SSSR count). The van der Waals surface area contributed by atoms with Gasteiger partial charge in [-0.1, -0.05) is 6.07 Å². The van der Waals surface area contributed by atoms with E-state index < -0.39 is 18.7 Å². The molecule has 26 heavy (non-hydrogen) atoms. The molecule has 6 nitrogen and oxygen atoms in total. The molecule has 2 heterocycles. The third kappa shape index (κ3) is 7.73. The largest absolute Gasteiger partial charge is 0.468 e. The van der Waals surface area contributed by atoms with Gasteiger partial charge in [-0.2, -0.15) is 13.2 Å². The number of hydrogen-bond acceptors (Lipinski definition) is 6. The van der Waals surface area contributed by atoms with Crippen LogP contribution in [-0.4, -0.2) is 35.2 Å². The zero-order valence-corrected chi connectivity index (χ0v) is 15.7. The molecule has 0 saturated carbocycles. The van der Waals surface area contributed by atoms with Gasteiger partial charge in [0.25, 0.3) is 5.91 Å². The maximum atomic E-state index is 12.2. The molecule has 0 fully saturated rings. The van der Waals surface area contributed by atoms with Crippen LogP contribution in [0.2, 0.25) is 0 Å². The SMILES string of the molecule is Cl.Cl.NCCc1nc(C(=O)NCc2cccnc2OCC(F)(F)F)cs1. The Hall–Kier alpha value is -1.62. The van der Waals surface area contributed by atoms with Gasteiger partial charge in [0.2, 0.25) is 5.88 Å². The van der Waals surface area contributed by atoms with Crippen molar-refractivity contribution < 1.29 is 22.7 Å². The first-order valence-corrected chi connectivity index (χ1v) is 7.83. The van der Waals surface area contributed by atoms with E-state index in [1.807, 2.05) is 0 Å². The van der Waals surface area contributed by atoms with Crippen molar-refractivity contribution in [2.45, 2.75) is 19.1 Å². The molecule has 2 aromatic rings. The topological polar surface area (TPSA) is 90.1 Å². The first-order valence-electron chi connectivity index (χ1n) is 6.95. The van der Waals surface area contributed by atoms with Crippen molar-refractivity contribution in [1.82, 2.24) is 15.3 Å². The number of nitrogens with two attached hydrogens (primary N) is 1. The number of aromatic nitrogens is 2. The minimum Gasteiger partial charge on any atom is -0.468 e. The number of thiazole rings is 1. The van der Waals surface area contributed by atoms with E-state index in [0.717, 1.165) is 5.01 Å². The number of ether oxygens (including phenoxy) is 1. The zero-order valence-electron chi connectivity index (χ0n) is 13.3. The molecule has 0 atom stereocenters. The van der Waals surface area contributed by atoms with Crippen molar-refractivity contribution in [1.29, 1.82) is 0 Å². The Morgan fingerprint density at radius 1 is 1.35 bits per heavy atom. The van der Waals surface area contributed by atoms with Gasteiger partial charge in [0.1, 0.15) is 5.69 Å². The van der Waals surface area contributed by atoms with E-state index in [9.17, 15) is 18.0 Å². The van der Waals surface area contributed by atoms with E-state index in [0.29, 0.717) is 18.5 Å². The highest BCUT2D eigenvalue weighted by Gasteiger charge is 2.29. The normalized spacial score (nSPS) is 10.5. The fourth-order valence-electron chi connectivity index (χ4n) is 1.76. The van der Waals surface area contributed by atoms with Gasteiger partial charge in [-0.15, -0.1) is 36.2 Å². The first-order chi connectivity index (χ1) is 11.4. The summed E-state index contributed by atoms with van der Waals surface area (Å²) in [5, 5.41) is 4.93. The van der Waals surface area contributed by atoms with Gasteiger partial charge in [-0.3, -0.25) is 4.79 Å². The lowest BCUT2D eigenvalue weighted by atomic mass is 10.2. The second-order valence-corrected chi connectivity index (χ2v) is 5.66. The molecule has 0 spiro atoms. The molecule has 0 bridgehead atoms. The molecule has 3 N–H and O–H groups in total. The van der Waals surface area contributed by atoms with Gasteiger partial charge < -0.3 is 15.8 Å². The van der Waals surface area contributed by atoms with E-state index in [-0.39, 0.29) is 42.9 Å². The summed E-state index contributed by atoms with van der Waals surface area (Å²) in [6.07, 6.45) is -2.56. The number of pyridine rings is 1. The molecule has 0 aromatic carbocycles. The van der Waals surface area contributed by atoms with Crippen molar-refractivity contribution in [2.75, 3.05) is 13.2 Å². The number of amides is 1. The summed E-state index contributed by atoms with van der Waals surface area (Å²) >= 11 is 1.32. The Balaban J connectivity index is 0.00000312. The summed E-state index contributed by atoms with van der Waals surface area (Å²) in [6.45, 7) is -1.03. The monoisotopic (exact) mass is 432 g/mol. The molecule has 0 aliphatic carbocycles. The van der Waals surface area contributed by atoms with Crippen LogP contribution in [0.4, 0.5) is 13.2 Å². The quantitative estimate of drug-likeness (QED) is 0.701. The molecule has 1 amide bonds. The summed E-state index contributed by atoms with van der Waals surface area (Å²) in [5.41, 5.74) is 6.00. The third-order valence-corrected chi connectivity index (χ3v) is 3.71. The van der Waals surface area contributed by atoms with Crippen LogP contribution in [0.5, 0.6) is 5.88 Å². The Kier molecular flexibility index (Phi) is 10.5. The predicted octanol–water partition coefficient (Wildman–Crippen LogP) is 2.75. The summed E-state index contributed by atoms with van der Waals surface area (Å²) in [4.78, 5) is 19.9. The first kappa shape index (κ1) is 24.4. The van der Waals surface area contributed by atoms with Crippen LogP contribution in [0.25, 0.3) is 0 Å². The number of nitrogens with zero attached hydrogens (tertiary/aromatic N) is 2. The second-order valence-electron chi connectivity index (χ2n) is 4.72. The van der Waals surface area contributed by atoms with Crippen LogP contribution in [0.1, 0.15) is 21.1 Å². The standard InChI is InChI=1S/C14H15F3N4O2S.2ClH/c15-14(16,17)8-23-13-9(2-1-5-19-13)6-20-12(22)10-7-24-11(21-10)3-4-18;;/h1-2,5,7H,3-4,6,8,18H2,(H,20,22);2*1H. The lowest BCUT2D eigenvalue weighted by Gasteiger charge is -2.12. The van der Waals surface area contributed by atoms with Crippen LogP contribution in [-0.2, 0) is 13.0 Å². The molecule has 146 valence electrons. The Bertz CT molecular complexity index is 701. The van der Waals surface area contributed by atoms with E-state index >= 15 is 0 Å². The maximum absolute atomic E-state index is 12.2. The average Bonchev–Trinajstić information content (AvgIpc) is 3.00. The van der Waals surface area contributed by atoms with Crippen molar-refractivity contribution in [3.05, 3.63) is 40.0 Å². The van der Waals surface area contributed by atoms with Gasteiger partial charge in [-0.25, -0.2) is 9.97 Å². The van der Waals surface area contributed by atoms with Crippen LogP contribution < -0.4 is 15.8 Å². The minimum absolute atomic E-state index is 0. The lowest BCUT2D eigenvalue weighted by molar-refractivity contribution is -0.154. The number of halogens is 5. The highest BCUT2D eigenvalue weighted by Crippen LogP contribution is 2.20. The summed E-state index contributed by atoms with van der Waals surface area (Å²) < 4.78 is 41.4. The molecule has 0 saturated heterocycles. The molecule has 2 aromatic heterocycles.